The second-order valence-electron chi connectivity index (χ2n) is 4.26. The predicted octanol–water partition coefficient (Wildman–Crippen LogP) is 3.24. The minimum atomic E-state index is -6.47. The summed E-state index contributed by atoms with van der Waals surface area (Å²) in [6.45, 7) is 0. The Morgan fingerprint density at radius 3 is 1.79 bits per heavy atom. The molecule has 0 aromatic carbocycles. The number of alkyl halides is 9. The highest BCUT2D eigenvalue weighted by molar-refractivity contribution is 6.04. The van der Waals surface area contributed by atoms with Crippen LogP contribution in [0, 0.1) is 17.8 Å². The van der Waals surface area contributed by atoms with Gasteiger partial charge in [0.05, 0.1) is 0 Å². The molecule has 0 bridgehead atoms. The molecule has 0 spiro atoms. The van der Waals surface area contributed by atoms with Crippen molar-refractivity contribution in [2.75, 3.05) is 0 Å². The molecule has 0 aromatic heterocycles. The molecule has 0 saturated heterocycles. The zero-order valence-corrected chi connectivity index (χ0v) is 10.7. The van der Waals surface area contributed by atoms with Gasteiger partial charge in [-0.25, -0.2) is 0 Å². The molecule has 1 aliphatic rings. The second kappa shape index (κ2) is 5.42. The average molecular weight is 375 g/mol. The lowest BCUT2D eigenvalue weighted by Gasteiger charge is -2.32. The van der Waals surface area contributed by atoms with E-state index in [0.717, 1.165) is 5.92 Å². The molecule has 1 aliphatic heterocycles. The highest BCUT2D eigenvalue weighted by Gasteiger charge is 2.82. The van der Waals surface area contributed by atoms with E-state index >= 15 is 0 Å². The van der Waals surface area contributed by atoms with Crippen LogP contribution in [0.5, 0.6) is 0 Å². The van der Waals surface area contributed by atoms with Gasteiger partial charge >= 0.3 is 30.4 Å². The van der Waals surface area contributed by atoms with Gasteiger partial charge in [0.25, 0.3) is 5.90 Å². The number of hydrogen-bond donors (Lipinski definition) is 0. The summed E-state index contributed by atoms with van der Waals surface area (Å²) in [5.74, 6) is -7.17. The second-order valence-corrected chi connectivity index (χ2v) is 4.26. The summed E-state index contributed by atoms with van der Waals surface area (Å²) < 4.78 is 131. The quantitative estimate of drug-likeness (QED) is 0.432. The summed E-state index contributed by atoms with van der Waals surface area (Å²) in [6.07, 6.45) is -16.5. The van der Waals surface area contributed by atoms with Gasteiger partial charge in [-0.3, -0.25) is 4.79 Å². The van der Waals surface area contributed by atoms with Crippen molar-refractivity contribution in [3.8, 4) is 12.3 Å². The lowest BCUT2D eigenvalue weighted by Crippen LogP contribution is -2.60. The number of terminal acetylenes is 1. The van der Waals surface area contributed by atoms with Crippen LogP contribution in [0.3, 0.4) is 0 Å². The number of ether oxygens (including phenoxy) is 1. The molecule has 1 heterocycles. The van der Waals surface area contributed by atoms with E-state index in [4.69, 9.17) is 0 Å². The molecule has 0 aromatic rings. The Labute approximate surface area is 125 Å². The van der Waals surface area contributed by atoms with Gasteiger partial charge in [0.1, 0.15) is 0 Å². The van der Waals surface area contributed by atoms with Crippen molar-refractivity contribution in [2.24, 2.45) is 10.6 Å². The van der Waals surface area contributed by atoms with Gasteiger partial charge in [-0.15, -0.1) is 12.3 Å². The Bertz CT molecular complexity index is 582. The minimum absolute atomic E-state index is 1.12. The fourth-order valence-electron chi connectivity index (χ4n) is 1.54. The van der Waals surface area contributed by atoms with E-state index in [1.807, 2.05) is 5.16 Å². The van der Waals surface area contributed by atoms with Gasteiger partial charge < -0.3 is 9.57 Å². The van der Waals surface area contributed by atoms with E-state index in [-0.39, 0.29) is 0 Å². The number of hydrogen-bond acceptors (Lipinski definition) is 4. The van der Waals surface area contributed by atoms with E-state index < -0.39 is 48.1 Å². The summed E-state index contributed by atoms with van der Waals surface area (Å²) >= 11 is 0. The molecule has 0 aliphatic carbocycles. The molecular weight excluding hydrogens is 372 g/mol. The number of rotatable bonds is 3. The Morgan fingerprint density at radius 1 is 1.08 bits per heavy atom. The first kappa shape index (κ1) is 19.8. The predicted molar refractivity (Wildman–Crippen MR) is 52.5 cm³/mol. The summed E-state index contributed by atoms with van der Waals surface area (Å²) in [6, 6.07) is -3.42. The fourth-order valence-corrected chi connectivity index (χ4v) is 1.54. The van der Waals surface area contributed by atoms with Gasteiger partial charge in [-0.1, -0.05) is 0 Å². The first-order chi connectivity index (χ1) is 10.6. The largest absolute Gasteiger partial charge is 0.480 e. The maximum Gasteiger partial charge on any atom is 0.480 e. The minimum Gasteiger partial charge on any atom is -0.418 e. The van der Waals surface area contributed by atoms with E-state index in [2.05, 4.69) is 16.0 Å². The summed E-state index contributed by atoms with van der Waals surface area (Å²) in [7, 11) is 0. The smallest absolute Gasteiger partial charge is 0.418 e. The molecule has 1 unspecified atom stereocenters. The highest BCUT2D eigenvalue weighted by atomic mass is 19.4. The van der Waals surface area contributed by atoms with Crippen LogP contribution in [0.1, 0.15) is 6.42 Å². The fraction of sp³-hybridized carbons (Fsp3) is 0.600. The lowest BCUT2D eigenvalue weighted by molar-refractivity contribution is -0.440. The van der Waals surface area contributed by atoms with Crippen molar-refractivity contribution < 1.29 is 58.3 Å². The van der Waals surface area contributed by atoms with E-state index in [0.29, 0.717) is 0 Å². The standard InChI is InChI=1S/C10H3F10NO3/c1-2-3-6(4(11)22,8(12,13)14)5-21-24-7(23-5,9(15,16)17)10(18,19)20/h1H,3H2. The Balaban J connectivity index is 3.53. The van der Waals surface area contributed by atoms with Gasteiger partial charge in [-0.05, 0) is 5.16 Å². The van der Waals surface area contributed by atoms with Crippen LogP contribution in [0.25, 0.3) is 0 Å². The normalized spacial score (nSPS) is 20.3. The van der Waals surface area contributed by atoms with Crippen molar-refractivity contribution in [3.63, 3.8) is 0 Å². The molecule has 14 heteroatoms. The van der Waals surface area contributed by atoms with E-state index in [9.17, 15) is 48.7 Å². The van der Waals surface area contributed by atoms with E-state index in [1.54, 1.807) is 0 Å². The van der Waals surface area contributed by atoms with Crippen LogP contribution >= 0.6 is 0 Å². The first-order valence-corrected chi connectivity index (χ1v) is 5.36. The maximum atomic E-state index is 13.0. The molecule has 1 atom stereocenters. The van der Waals surface area contributed by atoms with Crippen LogP contribution in [0.4, 0.5) is 43.9 Å². The molecule has 0 amide bonds. The first-order valence-electron chi connectivity index (χ1n) is 5.36. The molecule has 0 saturated carbocycles. The number of halogens is 10. The third-order valence-electron chi connectivity index (χ3n) is 2.80. The highest BCUT2D eigenvalue weighted by Crippen LogP contribution is 2.53. The maximum absolute atomic E-state index is 13.0. The van der Waals surface area contributed by atoms with Gasteiger partial charge in [0.2, 0.25) is 5.41 Å². The molecule has 0 fully saturated rings. The number of oxime groups is 1. The van der Waals surface area contributed by atoms with Crippen molar-refractivity contribution in [1.29, 1.82) is 0 Å². The molecule has 0 radical (unpaired) electrons. The SMILES string of the molecule is C#CCC(C(=O)F)(C1=NOC(C(F)(F)F)(C(F)(F)F)O1)C(F)(F)F. The third-order valence-corrected chi connectivity index (χ3v) is 2.80. The van der Waals surface area contributed by atoms with Crippen molar-refractivity contribution in [3.05, 3.63) is 0 Å². The van der Waals surface area contributed by atoms with Crippen LogP contribution in [0.15, 0.2) is 5.16 Å². The molecule has 1 rings (SSSR count). The van der Waals surface area contributed by atoms with Crippen molar-refractivity contribution >= 4 is 11.9 Å². The number of carbonyl (C=O) groups excluding carboxylic acids is 1. The van der Waals surface area contributed by atoms with Crippen LogP contribution in [0.2, 0.25) is 0 Å². The van der Waals surface area contributed by atoms with E-state index in [1.165, 1.54) is 0 Å². The van der Waals surface area contributed by atoms with Crippen molar-refractivity contribution in [1.82, 2.24) is 0 Å². The zero-order valence-electron chi connectivity index (χ0n) is 10.7. The summed E-state index contributed by atoms with van der Waals surface area (Å²) in [5, 5.41) is 1.88. The van der Waals surface area contributed by atoms with Crippen LogP contribution in [-0.4, -0.2) is 36.3 Å². The van der Waals surface area contributed by atoms with Gasteiger partial charge in [0.15, 0.2) is 0 Å². The average Bonchev–Trinajstić information content (AvgIpc) is 2.78. The number of carbonyl (C=O) groups is 1. The van der Waals surface area contributed by atoms with Crippen molar-refractivity contribution in [2.45, 2.75) is 30.7 Å². The molecule has 24 heavy (non-hydrogen) atoms. The Kier molecular flexibility index (Phi) is 4.48. The summed E-state index contributed by atoms with van der Waals surface area (Å²) in [4.78, 5) is 13.7. The zero-order chi connectivity index (χ0) is 19.2. The topological polar surface area (TPSA) is 47.9 Å². The van der Waals surface area contributed by atoms with Crippen LogP contribution < -0.4 is 0 Å². The monoisotopic (exact) mass is 375 g/mol. The lowest BCUT2D eigenvalue weighted by atomic mass is 9.84. The van der Waals surface area contributed by atoms with Gasteiger partial charge in [-0.2, -0.15) is 43.9 Å². The van der Waals surface area contributed by atoms with Crippen LogP contribution in [-0.2, 0) is 14.4 Å². The molecule has 0 N–H and O–H groups in total. The molecule has 4 nitrogen and oxygen atoms in total. The third kappa shape index (κ3) is 2.61. The number of nitrogens with zero attached hydrogens (tertiary/aromatic N) is 1. The molecular formula is C10H3F10NO3. The Morgan fingerprint density at radius 2 is 1.54 bits per heavy atom. The molecule has 136 valence electrons. The van der Waals surface area contributed by atoms with Gasteiger partial charge in [0, 0.05) is 6.42 Å². The Hall–Kier alpha value is -2.20. The summed E-state index contributed by atoms with van der Waals surface area (Å²) in [5.41, 5.74) is -4.68.